The number of aliphatic hydroxyl groups is 1. The molecule has 2 nitrogen and oxygen atoms in total. The van der Waals surface area contributed by atoms with Crippen LogP contribution in [0.1, 0.15) is 120 Å². The minimum absolute atomic E-state index is 0.00179. The van der Waals surface area contributed by atoms with Crippen molar-refractivity contribution in [3.8, 4) is 0 Å². The molecule has 0 aromatic carbocycles. The Morgan fingerprint density at radius 1 is 0.941 bits per heavy atom. The van der Waals surface area contributed by atoms with E-state index in [-0.39, 0.29) is 27.8 Å². The fraction of sp³-hybridized carbons (Fsp3) is 0.906. The molecule has 0 bridgehead atoms. The van der Waals surface area contributed by atoms with Gasteiger partial charge >= 0.3 is 0 Å². The van der Waals surface area contributed by atoms with Crippen molar-refractivity contribution in [2.45, 2.75) is 126 Å². The van der Waals surface area contributed by atoms with Gasteiger partial charge in [-0.25, -0.2) is 0 Å². The number of aliphatic hydroxyl groups excluding tert-OH is 1. The Balaban J connectivity index is 1.61. The van der Waals surface area contributed by atoms with Gasteiger partial charge in [0.1, 0.15) is 5.78 Å². The van der Waals surface area contributed by atoms with Crippen LogP contribution in [0.4, 0.5) is 0 Å². The lowest BCUT2D eigenvalue weighted by Crippen LogP contribution is -2.65. The van der Waals surface area contributed by atoms with Crippen molar-refractivity contribution in [1.29, 1.82) is 0 Å². The summed E-state index contributed by atoms with van der Waals surface area (Å²) < 4.78 is 0. The summed E-state index contributed by atoms with van der Waals surface area (Å²) in [5, 5.41) is 10.9. The number of allylic oxidation sites excluding steroid dienone is 2. The highest BCUT2D eigenvalue weighted by atomic mass is 16.3. The molecule has 4 fully saturated rings. The third-order valence-electron chi connectivity index (χ3n) is 13.8. The largest absolute Gasteiger partial charge is 0.393 e. The Morgan fingerprint density at radius 2 is 1.65 bits per heavy atom. The lowest BCUT2D eigenvalue weighted by atomic mass is 9.33. The molecule has 2 heteroatoms. The molecule has 0 amide bonds. The van der Waals surface area contributed by atoms with Gasteiger partial charge in [-0.2, -0.15) is 0 Å². The monoisotopic (exact) mass is 468 g/mol. The molecule has 1 N–H and O–H groups in total. The van der Waals surface area contributed by atoms with E-state index in [1.807, 2.05) is 0 Å². The first-order chi connectivity index (χ1) is 15.8. The fourth-order valence-electron chi connectivity index (χ4n) is 11.3. The first-order valence-electron chi connectivity index (χ1n) is 14.7. The molecule has 0 aliphatic heterocycles. The number of hydrogen-bond acceptors (Lipinski definition) is 2. The van der Waals surface area contributed by atoms with E-state index in [1.165, 1.54) is 32.1 Å². The van der Waals surface area contributed by atoms with Gasteiger partial charge < -0.3 is 5.11 Å². The van der Waals surface area contributed by atoms with Crippen LogP contribution in [-0.4, -0.2) is 17.0 Å². The van der Waals surface area contributed by atoms with Gasteiger partial charge in [0.05, 0.1) is 6.10 Å². The summed E-state index contributed by atoms with van der Waals surface area (Å²) in [4.78, 5) is 13.6. The van der Waals surface area contributed by atoms with Crippen LogP contribution in [0.25, 0.3) is 0 Å². The molecule has 10 atom stereocenters. The minimum Gasteiger partial charge on any atom is -0.393 e. The number of ketones is 1. The number of carbonyl (C=O) groups is 1. The number of fused-ring (bicyclic) bond motifs is 7. The second-order valence-electron chi connectivity index (χ2n) is 15.0. The summed E-state index contributed by atoms with van der Waals surface area (Å²) in [6.07, 6.45) is 13.6. The maximum atomic E-state index is 13.6. The number of Topliss-reactive ketones (excluding diaryl/α,β-unsaturated/α-hetero) is 1. The average Bonchev–Trinajstić information content (AvgIpc) is 2.79. The van der Waals surface area contributed by atoms with Crippen LogP contribution in [0.2, 0.25) is 0 Å². The van der Waals surface area contributed by atoms with E-state index in [1.54, 1.807) is 5.57 Å². The predicted molar refractivity (Wildman–Crippen MR) is 140 cm³/mol. The van der Waals surface area contributed by atoms with Crippen LogP contribution >= 0.6 is 0 Å². The Bertz CT molecular complexity index is 885. The second kappa shape index (κ2) is 7.69. The first-order valence-corrected chi connectivity index (χ1v) is 14.7. The van der Waals surface area contributed by atoms with E-state index < -0.39 is 0 Å². The molecule has 5 aliphatic carbocycles. The Morgan fingerprint density at radius 3 is 2.32 bits per heavy atom. The molecule has 34 heavy (non-hydrogen) atoms. The molecular weight excluding hydrogens is 416 g/mol. The van der Waals surface area contributed by atoms with Crippen LogP contribution in [0, 0.1) is 56.7 Å². The lowest BCUT2D eigenvalue weighted by Gasteiger charge is -2.71. The second-order valence-corrected chi connectivity index (χ2v) is 15.0. The standard InChI is InChI=1S/C32H52O2/c1-9-25(33)32-17-12-20(2)21(3)27(32)22-10-11-24-29(6)15-14-26(34)28(4,5)23(29)13-16-31(24,8)30(22,7)18-19-32/h10,20-21,23-24,26-27,34H,9,11-19H2,1-8H3/t20-,21+,23+,24-,26+,27+,29+,30-,31-,32-/m1/s1. The van der Waals surface area contributed by atoms with E-state index in [0.717, 1.165) is 25.7 Å². The van der Waals surface area contributed by atoms with Crippen molar-refractivity contribution < 1.29 is 9.90 Å². The summed E-state index contributed by atoms with van der Waals surface area (Å²) in [5.74, 6) is 3.54. The van der Waals surface area contributed by atoms with Crippen molar-refractivity contribution in [3.05, 3.63) is 11.6 Å². The molecule has 0 saturated heterocycles. The van der Waals surface area contributed by atoms with E-state index in [0.29, 0.717) is 47.2 Å². The zero-order chi connectivity index (χ0) is 24.9. The van der Waals surface area contributed by atoms with Gasteiger partial charge in [-0.05, 0) is 109 Å². The number of rotatable bonds is 2. The number of hydrogen-bond donors (Lipinski definition) is 1. The van der Waals surface area contributed by atoms with Gasteiger partial charge in [0.2, 0.25) is 0 Å². The van der Waals surface area contributed by atoms with Crippen molar-refractivity contribution in [1.82, 2.24) is 0 Å². The molecule has 0 heterocycles. The third kappa shape index (κ3) is 2.87. The molecule has 0 spiro atoms. The fourth-order valence-corrected chi connectivity index (χ4v) is 11.3. The van der Waals surface area contributed by atoms with Crippen LogP contribution in [0.5, 0.6) is 0 Å². The van der Waals surface area contributed by atoms with Gasteiger partial charge in [0.25, 0.3) is 0 Å². The van der Waals surface area contributed by atoms with Gasteiger partial charge in [-0.15, -0.1) is 0 Å². The highest BCUT2D eigenvalue weighted by Gasteiger charge is 2.69. The summed E-state index contributed by atoms with van der Waals surface area (Å²) in [7, 11) is 0. The predicted octanol–water partition coefficient (Wildman–Crippen LogP) is 7.98. The molecule has 5 rings (SSSR count). The summed E-state index contributed by atoms with van der Waals surface area (Å²) in [6, 6.07) is 0. The maximum Gasteiger partial charge on any atom is 0.139 e. The van der Waals surface area contributed by atoms with Crippen molar-refractivity contribution >= 4 is 5.78 Å². The normalized spacial score (nSPS) is 54.1. The highest BCUT2D eigenvalue weighted by Crippen LogP contribution is 2.75. The van der Waals surface area contributed by atoms with E-state index >= 15 is 0 Å². The molecule has 0 aromatic rings. The van der Waals surface area contributed by atoms with Gasteiger partial charge in [-0.3, -0.25) is 4.79 Å². The SMILES string of the molecule is CCC(=O)[C@]12CC[C@@H](C)[C@H](C)[C@H]1C1=CC[C@@H]3[C@@]4(C)CC[C@H](O)C(C)(C)[C@@H]4CC[C@@]3(C)[C@]1(C)CC2. The van der Waals surface area contributed by atoms with Gasteiger partial charge in [0.15, 0.2) is 0 Å². The van der Waals surface area contributed by atoms with Crippen LogP contribution in [-0.2, 0) is 4.79 Å². The topological polar surface area (TPSA) is 37.3 Å². The number of carbonyl (C=O) groups excluding carboxylic acids is 1. The zero-order valence-electron chi connectivity index (χ0n) is 23.5. The van der Waals surface area contributed by atoms with Crippen LogP contribution < -0.4 is 0 Å². The average molecular weight is 469 g/mol. The van der Waals surface area contributed by atoms with Gasteiger partial charge in [0, 0.05) is 11.8 Å². The molecule has 4 saturated carbocycles. The van der Waals surface area contributed by atoms with Gasteiger partial charge in [-0.1, -0.05) is 67.0 Å². The zero-order valence-corrected chi connectivity index (χ0v) is 23.5. The van der Waals surface area contributed by atoms with E-state index in [2.05, 4.69) is 61.5 Å². The van der Waals surface area contributed by atoms with Crippen molar-refractivity contribution in [3.63, 3.8) is 0 Å². The maximum absolute atomic E-state index is 13.6. The Labute approximate surface area is 209 Å². The Kier molecular flexibility index (Phi) is 5.66. The van der Waals surface area contributed by atoms with Crippen LogP contribution in [0.15, 0.2) is 11.6 Å². The molecule has 0 aromatic heterocycles. The Hall–Kier alpha value is -0.630. The molecule has 0 radical (unpaired) electrons. The summed E-state index contributed by atoms with van der Waals surface area (Å²) >= 11 is 0. The smallest absolute Gasteiger partial charge is 0.139 e. The van der Waals surface area contributed by atoms with Crippen molar-refractivity contribution in [2.75, 3.05) is 0 Å². The van der Waals surface area contributed by atoms with Crippen LogP contribution in [0.3, 0.4) is 0 Å². The molecule has 0 unspecified atom stereocenters. The third-order valence-corrected chi connectivity index (χ3v) is 13.8. The van der Waals surface area contributed by atoms with Crippen molar-refractivity contribution in [2.24, 2.45) is 56.7 Å². The quantitative estimate of drug-likeness (QED) is 0.417. The first kappa shape index (κ1) is 25.0. The highest BCUT2D eigenvalue weighted by molar-refractivity contribution is 5.86. The molecular formula is C32H52O2. The summed E-state index contributed by atoms with van der Waals surface area (Å²) in [6.45, 7) is 19.5. The lowest BCUT2D eigenvalue weighted by molar-refractivity contribution is -0.204. The van der Waals surface area contributed by atoms with E-state index in [9.17, 15) is 9.90 Å². The minimum atomic E-state index is -0.167. The summed E-state index contributed by atoms with van der Waals surface area (Å²) in [5.41, 5.74) is 2.35. The molecule has 5 aliphatic rings. The van der Waals surface area contributed by atoms with E-state index in [4.69, 9.17) is 0 Å². The molecule has 192 valence electrons.